The molecule has 0 spiro atoms. The van der Waals surface area contributed by atoms with Gasteiger partial charge in [0.2, 0.25) is 0 Å². The average Bonchev–Trinajstić information content (AvgIpc) is 2.74. The van der Waals surface area contributed by atoms with E-state index in [2.05, 4.69) is 0 Å². The summed E-state index contributed by atoms with van der Waals surface area (Å²) in [5.74, 6) is 2.56. The molecular formula is C10H14O2. The lowest BCUT2D eigenvalue weighted by Gasteiger charge is -2.23. The van der Waals surface area contributed by atoms with E-state index in [9.17, 15) is 4.79 Å². The molecule has 0 N–H and O–H groups in total. The molecule has 0 saturated heterocycles. The lowest BCUT2D eigenvalue weighted by atomic mass is 9.82. The Labute approximate surface area is 72.3 Å². The normalized spacial score (nSPS) is 53.6. The molecule has 3 rings (SSSR count). The molecule has 0 radical (unpaired) electrons. The van der Waals surface area contributed by atoms with Gasteiger partial charge < -0.3 is 4.74 Å². The van der Waals surface area contributed by atoms with Crippen molar-refractivity contribution in [2.75, 3.05) is 7.11 Å². The third kappa shape index (κ3) is 0.572. The van der Waals surface area contributed by atoms with Crippen molar-refractivity contribution in [3.63, 3.8) is 0 Å². The molecule has 2 bridgehead atoms. The molecule has 66 valence electrons. The number of ether oxygens (including phenoxy) is 1. The summed E-state index contributed by atoms with van der Waals surface area (Å²) in [6.07, 6.45) is 4.82. The first-order valence-electron chi connectivity index (χ1n) is 4.86. The van der Waals surface area contributed by atoms with Crippen LogP contribution in [0.15, 0.2) is 0 Å². The zero-order valence-electron chi connectivity index (χ0n) is 7.38. The van der Waals surface area contributed by atoms with Crippen molar-refractivity contribution in [3.05, 3.63) is 0 Å². The van der Waals surface area contributed by atoms with Crippen LogP contribution in [0.2, 0.25) is 0 Å². The Balaban J connectivity index is 1.95. The van der Waals surface area contributed by atoms with E-state index in [1.165, 1.54) is 20.0 Å². The summed E-state index contributed by atoms with van der Waals surface area (Å²) in [5, 5.41) is 0. The van der Waals surface area contributed by atoms with E-state index in [0.29, 0.717) is 5.92 Å². The fraction of sp³-hybridized carbons (Fsp3) is 0.900. The van der Waals surface area contributed by atoms with E-state index in [4.69, 9.17) is 4.74 Å². The molecule has 0 aromatic carbocycles. The molecule has 0 aliphatic heterocycles. The monoisotopic (exact) mass is 166 g/mol. The summed E-state index contributed by atoms with van der Waals surface area (Å²) in [5.41, 5.74) is -0.00984. The van der Waals surface area contributed by atoms with Gasteiger partial charge >= 0.3 is 5.97 Å². The first kappa shape index (κ1) is 6.93. The molecule has 0 aromatic rings. The van der Waals surface area contributed by atoms with Gasteiger partial charge in [-0.1, -0.05) is 0 Å². The van der Waals surface area contributed by atoms with Crippen LogP contribution in [0.25, 0.3) is 0 Å². The summed E-state index contributed by atoms with van der Waals surface area (Å²) < 4.78 is 4.91. The summed E-state index contributed by atoms with van der Waals surface area (Å²) >= 11 is 0. The highest BCUT2D eigenvalue weighted by atomic mass is 16.5. The van der Waals surface area contributed by atoms with Crippen molar-refractivity contribution in [1.29, 1.82) is 0 Å². The molecule has 0 unspecified atom stereocenters. The molecule has 4 atom stereocenters. The number of hydrogen-bond donors (Lipinski definition) is 0. The largest absolute Gasteiger partial charge is 0.469 e. The van der Waals surface area contributed by atoms with Crippen molar-refractivity contribution >= 4 is 5.97 Å². The quantitative estimate of drug-likeness (QED) is 0.553. The number of carbonyl (C=O) groups excluding carboxylic acids is 1. The van der Waals surface area contributed by atoms with Crippen LogP contribution >= 0.6 is 0 Å². The van der Waals surface area contributed by atoms with Crippen LogP contribution in [-0.4, -0.2) is 13.1 Å². The summed E-state index contributed by atoms with van der Waals surface area (Å²) in [7, 11) is 1.53. The predicted molar refractivity (Wildman–Crippen MR) is 43.4 cm³/mol. The second-order valence-electron chi connectivity index (χ2n) is 4.66. The molecule has 3 aliphatic rings. The fourth-order valence-electron chi connectivity index (χ4n) is 3.73. The standard InChI is InChI=1S/C10H14O2/c1-12-9(11)10-3-2-6(5-10)7-4-8(7)10/h6-8H,2-5H2,1H3/t6-,7+,8-,10-/m0/s1. The topological polar surface area (TPSA) is 26.3 Å². The van der Waals surface area contributed by atoms with Crippen molar-refractivity contribution in [3.8, 4) is 0 Å². The van der Waals surface area contributed by atoms with E-state index in [1.54, 1.807) is 0 Å². The van der Waals surface area contributed by atoms with Crippen LogP contribution in [0.5, 0.6) is 0 Å². The van der Waals surface area contributed by atoms with Crippen LogP contribution < -0.4 is 0 Å². The second-order valence-corrected chi connectivity index (χ2v) is 4.66. The Kier molecular flexibility index (Phi) is 1.07. The molecule has 12 heavy (non-hydrogen) atoms. The molecule has 3 fully saturated rings. The van der Waals surface area contributed by atoms with Gasteiger partial charge in [0.05, 0.1) is 12.5 Å². The van der Waals surface area contributed by atoms with Crippen LogP contribution in [0.3, 0.4) is 0 Å². The first-order chi connectivity index (χ1) is 5.78. The van der Waals surface area contributed by atoms with Gasteiger partial charge in [-0.05, 0) is 43.4 Å². The minimum absolute atomic E-state index is 0.00984. The van der Waals surface area contributed by atoms with Crippen LogP contribution in [0, 0.1) is 23.2 Å². The van der Waals surface area contributed by atoms with Gasteiger partial charge in [-0.15, -0.1) is 0 Å². The molecular weight excluding hydrogens is 152 g/mol. The molecule has 2 nitrogen and oxygen atoms in total. The van der Waals surface area contributed by atoms with Gasteiger partial charge in [0.15, 0.2) is 0 Å². The van der Waals surface area contributed by atoms with E-state index in [0.717, 1.165) is 24.7 Å². The molecule has 0 amide bonds. The van der Waals surface area contributed by atoms with Gasteiger partial charge in [-0.3, -0.25) is 4.79 Å². The van der Waals surface area contributed by atoms with Crippen molar-refractivity contribution in [2.24, 2.45) is 23.2 Å². The van der Waals surface area contributed by atoms with Crippen molar-refractivity contribution < 1.29 is 9.53 Å². The SMILES string of the molecule is COC(=O)[C@@]12CC[C@@H](C1)[C@H]1C[C@@H]12. The first-order valence-corrected chi connectivity index (χ1v) is 4.86. The minimum Gasteiger partial charge on any atom is -0.469 e. The number of fused-ring (bicyclic) bond motifs is 5. The number of methoxy groups -OCH3 is 1. The maximum Gasteiger partial charge on any atom is 0.312 e. The Bertz CT molecular complexity index is 248. The fourth-order valence-corrected chi connectivity index (χ4v) is 3.73. The van der Waals surface area contributed by atoms with Crippen LogP contribution in [0.4, 0.5) is 0 Å². The highest BCUT2D eigenvalue weighted by Crippen LogP contribution is 2.72. The average molecular weight is 166 g/mol. The van der Waals surface area contributed by atoms with Gasteiger partial charge in [0.1, 0.15) is 0 Å². The summed E-state index contributed by atoms with van der Waals surface area (Å²) in [6.45, 7) is 0. The van der Waals surface area contributed by atoms with Crippen molar-refractivity contribution in [2.45, 2.75) is 25.7 Å². The van der Waals surface area contributed by atoms with Gasteiger partial charge in [-0.25, -0.2) is 0 Å². The van der Waals surface area contributed by atoms with E-state index >= 15 is 0 Å². The Morgan fingerprint density at radius 3 is 3.00 bits per heavy atom. The molecule has 0 aromatic heterocycles. The lowest BCUT2D eigenvalue weighted by Crippen LogP contribution is -2.30. The molecule has 0 heterocycles. The van der Waals surface area contributed by atoms with Gasteiger partial charge in [0.25, 0.3) is 0 Å². The van der Waals surface area contributed by atoms with Crippen molar-refractivity contribution in [1.82, 2.24) is 0 Å². The smallest absolute Gasteiger partial charge is 0.312 e. The maximum absolute atomic E-state index is 11.6. The van der Waals surface area contributed by atoms with Crippen LogP contribution in [-0.2, 0) is 9.53 Å². The third-order valence-corrected chi connectivity index (χ3v) is 4.33. The number of carbonyl (C=O) groups is 1. The van der Waals surface area contributed by atoms with Gasteiger partial charge in [0, 0.05) is 0 Å². The number of rotatable bonds is 1. The maximum atomic E-state index is 11.6. The molecule has 2 heteroatoms. The Hall–Kier alpha value is -0.530. The summed E-state index contributed by atoms with van der Waals surface area (Å²) in [4.78, 5) is 11.6. The zero-order valence-corrected chi connectivity index (χ0v) is 7.38. The highest BCUT2D eigenvalue weighted by Gasteiger charge is 2.69. The van der Waals surface area contributed by atoms with E-state index < -0.39 is 0 Å². The third-order valence-electron chi connectivity index (χ3n) is 4.33. The lowest BCUT2D eigenvalue weighted by molar-refractivity contribution is -0.153. The van der Waals surface area contributed by atoms with Crippen LogP contribution in [0.1, 0.15) is 25.7 Å². The number of hydrogen-bond acceptors (Lipinski definition) is 2. The Morgan fingerprint density at radius 2 is 2.42 bits per heavy atom. The molecule has 3 aliphatic carbocycles. The van der Waals surface area contributed by atoms with E-state index in [1.807, 2.05) is 0 Å². The van der Waals surface area contributed by atoms with E-state index in [-0.39, 0.29) is 11.4 Å². The Morgan fingerprint density at radius 1 is 1.58 bits per heavy atom. The highest BCUT2D eigenvalue weighted by molar-refractivity contribution is 5.79. The second kappa shape index (κ2) is 1.86. The summed E-state index contributed by atoms with van der Waals surface area (Å²) in [6, 6.07) is 0. The minimum atomic E-state index is -0.00984. The number of esters is 1. The predicted octanol–water partition coefficient (Wildman–Crippen LogP) is 1.60. The zero-order chi connectivity index (χ0) is 8.34. The molecule has 3 saturated carbocycles. The van der Waals surface area contributed by atoms with Gasteiger partial charge in [-0.2, -0.15) is 0 Å².